The first-order chi connectivity index (χ1) is 10.5. The molecule has 2 rings (SSSR count). The van der Waals surface area contributed by atoms with E-state index in [4.69, 9.17) is 0 Å². The molecule has 2 nitrogen and oxygen atoms in total. The zero-order valence-corrected chi connectivity index (χ0v) is 14.3. The molecular formula is C20H29NO. The Kier molecular flexibility index (Phi) is 5.44. The van der Waals surface area contributed by atoms with Crippen LogP contribution in [0, 0.1) is 11.3 Å². The summed E-state index contributed by atoms with van der Waals surface area (Å²) in [4.78, 5) is 14.4. The minimum Gasteiger partial charge on any atom is -0.343 e. The fourth-order valence-corrected chi connectivity index (χ4v) is 3.41. The van der Waals surface area contributed by atoms with Gasteiger partial charge in [0.25, 0.3) is 0 Å². The maximum Gasteiger partial charge on any atom is 0.222 e. The van der Waals surface area contributed by atoms with Crippen molar-refractivity contribution >= 4 is 5.91 Å². The van der Waals surface area contributed by atoms with Crippen LogP contribution in [0.4, 0.5) is 0 Å². The van der Waals surface area contributed by atoms with E-state index in [0.717, 1.165) is 32.4 Å². The Morgan fingerprint density at radius 2 is 2.14 bits per heavy atom. The lowest BCUT2D eigenvalue weighted by Crippen LogP contribution is -2.43. The van der Waals surface area contributed by atoms with Crippen LogP contribution in [0.15, 0.2) is 48.1 Å². The van der Waals surface area contributed by atoms with Gasteiger partial charge < -0.3 is 4.90 Å². The van der Waals surface area contributed by atoms with E-state index in [1.807, 2.05) is 12.2 Å². The Morgan fingerprint density at radius 1 is 1.45 bits per heavy atom. The van der Waals surface area contributed by atoms with Crippen molar-refractivity contribution in [3.8, 4) is 0 Å². The summed E-state index contributed by atoms with van der Waals surface area (Å²) in [7, 11) is 0. The largest absolute Gasteiger partial charge is 0.343 e. The third kappa shape index (κ3) is 3.43. The number of allylic oxidation sites excluding steroid dienone is 7. The molecule has 2 aliphatic rings. The molecule has 2 heteroatoms. The Balaban J connectivity index is 1.99. The van der Waals surface area contributed by atoms with Gasteiger partial charge in [0.1, 0.15) is 0 Å². The molecule has 1 atom stereocenters. The average molecular weight is 299 g/mol. The molecule has 120 valence electrons. The summed E-state index contributed by atoms with van der Waals surface area (Å²) in [5.41, 5.74) is 2.92. The summed E-state index contributed by atoms with van der Waals surface area (Å²) in [6.45, 7) is 12.0. The zero-order valence-electron chi connectivity index (χ0n) is 14.3. The van der Waals surface area contributed by atoms with Crippen molar-refractivity contribution in [2.24, 2.45) is 11.3 Å². The topological polar surface area (TPSA) is 20.3 Å². The molecule has 0 saturated carbocycles. The average Bonchev–Trinajstić information content (AvgIpc) is 2.82. The van der Waals surface area contributed by atoms with Crippen molar-refractivity contribution in [3.63, 3.8) is 0 Å². The fourth-order valence-electron chi connectivity index (χ4n) is 3.41. The number of nitrogens with zero attached hydrogens (tertiary/aromatic N) is 1. The third-order valence-corrected chi connectivity index (χ3v) is 5.40. The first-order valence-electron chi connectivity index (χ1n) is 8.50. The summed E-state index contributed by atoms with van der Waals surface area (Å²) in [5, 5.41) is 0. The van der Waals surface area contributed by atoms with Crippen LogP contribution in [-0.4, -0.2) is 23.9 Å². The maximum absolute atomic E-state index is 12.3. The number of rotatable bonds is 5. The van der Waals surface area contributed by atoms with Crippen molar-refractivity contribution < 1.29 is 4.79 Å². The van der Waals surface area contributed by atoms with E-state index in [0.29, 0.717) is 18.2 Å². The quantitative estimate of drug-likeness (QED) is 0.676. The van der Waals surface area contributed by atoms with Gasteiger partial charge in [-0.3, -0.25) is 4.79 Å². The van der Waals surface area contributed by atoms with E-state index in [2.05, 4.69) is 50.5 Å². The van der Waals surface area contributed by atoms with Crippen molar-refractivity contribution in [1.82, 2.24) is 4.90 Å². The van der Waals surface area contributed by atoms with Gasteiger partial charge in [0.15, 0.2) is 0 Å². The lowest BCUT2D eigenvalue weighted by Gasteiger charge is -2.40. The summed E-state index contributed by atoms with van der Waals surface area (Å²) in [6, 6.07) is 0. The van der Waals surface area contributed by atoms with Gasteiger partial charge in [-0.25, -0.2) is 0 Å². The van der Waals surface area contributed by atoms with Gasteiger partial charge in [0.05, 0.1) is 0 Å². The van der Waals surface area contributed by atoms with E-state index in [1.165, 1.54) is 11.1 Å². The number of carbonyl (C=O) groups is 1. The van der Waals surface area contributed by atoms with Crippen molar-refractivity contribution in [2.45, 2.75) is 46.5 Å². The Hall–Kier alpha value is -1.57. The first-order valence-corrected chi connectivity index (χ1v) is 8.50. The van der Waals surface area contributed by atoms with Crippen molar-refractivity contribution in [1.29, 1.82) is 0 Å². The second-order valence-corrected chi connectivity index (χ2v) is 6.76. The van der Waals surface area contributed by atoms with Crippen LogP contribution in [0.25, 0.3) is 0 Å². The molecule has 22 heavy (non-hydrogen) atoms. The normalized spacial score (nSPS) is 21.9. The second kappa shape index (κ2) is 7.13. The highest BCUT2D eigenvalue weighted by atomic mass is 16.2. The molecule has 0 bridgehead atoms. The minimum atomic E-state index is 0.175. The van der Waals surface area contributed by atoms with Crippen molar-refractivity contribution in [2.75, 3.05) is 13.1 Å². The Bertz CT molecular complexity index is 516. The Morgan fingerprint density at radius 3 is 2.73 bits per heavy atom. The van der Waals surface area contributed by atoms with Gasteiger partial charge in [-0.1, -0.05) is 62.8 Å². The van der Waals surface area contributed by atoms with E-state index in [-0.39, 0.29) is 5.41 Å². The number of amides is 1. The monoisotopic (exact) mass is 299 g/mol. The Labute approximate surface area is 135 Å². The summed E-state index contributed by atoms with van der Waals surface area (Å²) >= 11 is 0. The molecule has 1 spiro atoms. The van der Waals surface area contributed by atoms with Gasteiger partial charge in [-0.05, 0) is 31.3 Å². The number of hydrogen-bond acceptors (Lipinski definition) is 1. The van der Waals surface area contributed by atoms with Crippen LogP contribution in [-0.2, 0) is 4.79 Å². The zero-order chi connectivity index (χ0) is 16.2. The van der Waals surface area contributed by atoms with Gasteiger partial charge in [-0.2, -0.15) is 0 Å². The predicted octanol–water partition coefficient (Wildman–Crippen LogP) is 4.66. The van der Waals surface area contributed by atoms with Gasteiger partial charge in [0, 0.05) is 24.9 Å². The molecule has 1 amide bonds. The smallest absolute Gasteiger partial charge is 0.222 e. The molecule has 0 aromatic heterocycles. The molecule has 0 aromatic carbocycles. The third-order valence-electron chi connectivity index (χ3n) is 5.40. The van der Waals surface area contributed by atoms with Crippen LogP contribution < -0.4 is 0 Å². The molecule has 0 aromatic rings. The van der Waals surface area contributed by atoms with Crippen LogP contribution in [0.2, 0.25) is 0 Å². The van der Waals surface area contributed by atoms with Gasteiger partial charge in [0.2, 0.25) is 5.91 Å². The molecule has 0 N–H and O–H groups in total. The molecule has 0 radical (unpaired) electrons. The summed E-state index contributed by atoms with van der Waals surface area (Å²) in [6.07, 6.45) is 14.4. The second-order valence-electron chi connectivity index (χ2n) is 6.76. The molecule has 1 unspecified atom stereocenters. The molecule has 1 saturated heterocycles. The van der Waals surface area contributed by atoms with E-state index in [1.54, 1.807) is 0 Å². The van der Waals surface area contributed by atoms with Crippen LogP contribution in [0.1, 0.15) is 46.5 Å². The molecule has 1 aliphatic heterocycles. The standard InChI is InChI=1S/C20H29NO/c1-5-7-8-18-9-10-20(17(18)4)11-13-21(14-12-20)19(22)15-16(3)6-2/h5,7-10,16H,1,6,11-15H2,2-4H3/b8-7-. The number of piperidine rings is 1. The van der Waals surface area contributed by atoms with Gasteiger partial charge >= 0.3 is 0 Å². The fraction of sp³-hybridized carbons (Fsp3) is 0.550. The predicted molar refractivity (Wildman–Crippen MR) is 93.5 cm³/mol. The minimum absolute atomic E-state index is 0.175. The molecular weight excluding hydrogens is 270 g/mol. The number of hydrogen-bond donors (Lipinski definition) is 0. The summed E-state index contributed by atoms with van der Waals surface area (Å²) < 4.78 is 0. The molecule has 1 aliphatic carbocycles. The highest BCUT2D eigenvalue weighted by Crippen LogP contribution is 2.45. The number of likely N-dealkylation sites (tertiary alicyclic amines) is 1. The van der Waals surface area contributed by atoms with Gasteiger partial charge in [-0.15, -0.1) is 0 Å². The lowest BCUT2D eigenvalue weighted by atomic mass is 9.74. The highest BCUT2D eigenvalue weighted by molar-refractivity contribution is 5.76. The van der Waals surface area contributed by atoms with E-state index >= 15 is 0 Å². The van der Waals surface area contributed by atoms with E-state index < -0.39 is 0 Å². The maximum atomic E-state index is 12.3. The van der Waals surface area contributed by atoms with E-state index in [9.17, 15) is 4.79 Å². The van der Waals surface area contributed by atoms with Crippen LogP contribution in [0.5, 0.6) is 0 Å². The molecule has 1 heterocycles. The lowest BCUT2D eigenvalue weighted by molar-refractivity contribution is -0.133. The first kappa shape index (κ1) is 16.8. The highest BCUT2D eigenvalue weighted by Gasteiger charge is 2.38. The van der Waals surface area contributed by atoms with Crippen LogP contribution in [0.3, 0.4) is 0 Å². The number of carbonyl (C=O) groups excluding carboxylic acids is 1. The molecule has 1 fully saturated rings. The van der Waals surface area contributed by atoms with Crippen LogP contribution >= 0.6 is 0 Å². The summed E-state index contributed by atoms with van der Waals surface area (Å²) in [5.74, 6) is 0.826. The van der Waals surface area contributed by atoms with Crippen molar-refractivity contribution in [3.05, 3.63) is 48.1 Å². The SMILES string of the molecule is C=C/C=C\C1=C(C)C2(C=C1)CCN(C(=O)CC(C)CC)CC2.